The van der Waals surface area contributed by atoms with Gasteiger partial charge in [-0.15, -0.1) is 0 Å². The van der Waals surface area contributed by atoms with Gasteiger partial charge >= 0.3 is 0 Å². The number of benzene rings is 2. The first-order chi connectivity index (χ1) is 14.7. The van der Waals surface area contributed by atoms with Crippen LogP contribution in [0.3, 0.4) is 0 Å². The molecule has 0 atom stereocenters. The third-order valence-corrected chi connectivity index (χ3v) is 5.05. The number of hydrogen-bond donors (Lipinski definition) is 1. The summed E-state index contributed by atoms with van der Waals surface area (Å²) in [6.07, 6.45) is 4.58. The van der Waals surface area contributed by atoms with Gasteiger partial charge in [-0.1, -0.05) is 48.5 Å². The summed E-state index contributed by atoms with van der Waals surface area (Å²) in [5.41, 5.74) is 5.38. The molecule has 5 nitrogen and oxygen atoms in total. The molecule has 0 unspecified atom stereocenters. The molecule has 4 aromatic rings. The van der Waals surface area contributed by atoms with Crippen molar-refractivity contribution >= 4 is 17.5 Å². The van der Waals surface area contributed by atoms with Crippen LogP contribution in [0.15, 0.2) is 85.2 Å². The molecule has 0 saturated carbocycles. The number of aryl methyl sites for hydroxylation is 1. The standard InChI is InChI=1S/C25H25N5/c1-19-8-6-7-11-22(19)27-25-28-23(21-9-4-3-5-10-21)18-24(29-25)30(2)17-14-20-12-15-26-16-13-20/h3-13,15-16,18H,14,17H2,1-2H3,(H,27,28,29). The van der Waals surface area contributed by atoms with Crippen LogP contribution in [0, 0.1) is 6.92 Å². The van der Waals surface area contributed by atoms with E-state index in [1.807, 2.05) is 67.0 Å². The average molecular weight is 396 g/mol. The number of para-hydroxylation sites is 1. The molecule has 150 valence electrons. The van der Waals surface area contributed by atoms with Gasteiger partial charge in [-0.25, -0.2) is 4.98 Å². The lowest BCUT2D eigenvalue weighted by Gasteiger charge is -2.20. The van der Waals surface area contributed by atoms with E-state index in [1.54, 1.807) is 0 Å². The van der Waals surface area contributed by atoms with Crippen molar-refractivity contribution in [3.05, 3.63) is 96.3 Å². The molecule has 0 amide bonds. The number of likely N-dealkylation sites (N-methyl/N-ethyl adjacent to an activating group) is 1. The Morgan fingerprint density at radius 1 is 0.867 bits per heavy atom. The Morgan fingerprint density at radius 3 is 2.37 bits per heavy atom. The van der Waals surface area contributed by atoms with Gasteiger partial charge in [0.25, 0.3) is 0 Å². The van der Waals surface area contributed by atoms with Crippen LogP contribution in [0.1, 0.15) is 11.1 Å². The molecular formula is C25H25N5. The average Bonchev–Trinajstić information content (AvgIpc) is 2.80. The number of hydrogen-bond acceptors (Lipinski definition) is 5. The number of aromatic nitrogens is 3. The van der Waals surface area contributed by atoms with Crippen molar-refractivity contribution < 1.29 is 0 Å². The van der Waals surface area contributed by atoms with Gasteiger partial charge in [0.1, 0.15) is 5.82 Å². The van der Waals surface area contributed by atoms with Crippen molar-refractivity contribution in [2.45, 2.75) is 13.3 Å². The first kappa shape index (κ1) is 19.6. The second kappa shape index (κ2) is 9.18. The fourth-order valence-electron chi connectivity index (χ4n) is 3.24. The van der Waals surface area contributed by atoms with Crippen molar-refractivity contribution in [3.8, 4) is 11.3 Å². The predicted octanol–water partition coefficient (Wildman–Crippen LogP) is 5.27. The maximum Gasteiger partial charge on any atom is 0.229 e. The van der Waals surface area contributed by atoms with Crippen LogP contribution in [0.5, 0.6) is 0 Å². The minimum Gasteiger partial charge on any atom is -0.359 e. The number of anilines is 3. The summed E-state index contributed by atoms with van der Waals surface area (Å²) in [5, 5.41) is 3.39. The Morgan fingerprint density at radius 2 is 1.60 bits per heavy atom. The maximum atomic E-state index is 4.80. The summed E-state index contributed by atoms with van der Waals surface area (Å²) < 4.78 is 0. The number of rotatable bonds is 7. The summed E-state index contributed by atoms with van der Waals surface area (Å²) in [6.45, 7) is 2.92. The van der Waals surface area contributed by atoms with Crippen molar-refractivity contribution in [2.75, 3.05) is 23.8 Å². The lowest BCUT2D eigenvalue weighted by molar-refractivity contribution is 0.856. The van der Waals surface area contributed by atoms with E-state index >= 15 is 0 Å². The maximum absolute atomic E-state index is 4.80. The summed E-state index contributed by atoms with van der Waals surface area (Å²) in [7, 11) is 2.07. The zero-order chi connectivity index (χ0) is 20.8. The predicted molar refractivity (Wildman–Crippen MR) is 123 cm³/mol. The molecule has 0 radical (unpaired) electrons. The van der Waals surface area contributed by atoms with Gasteiger partial charge < -0.3 is 10.2 Å². The van der Waals surface area contributed by atoms with Crippen LogP contribution in [0.2, 0.25) is 0 Å². The molecule has 0 bridgehead atoms. The number of nitrogens with zero attached hydrogens (tertiary/aromatic N) is 4. The molecule has 1 N–H and O–H groups in total. The fraction of sp³-hybridized carbons (Fsp3) is 0.160. The van der Waals surface area contributed by atoms with E-state index in [2.05, 4.69) is 47.4 Å². The van der Waals surface area contributed by atoms with Crippen LogP contribution >= 0.6 is 0 Å². The smallest absolute Gasteiger partial charge is 0.229 e. The zero-order valence-electron chi connectivity index (χ0n) is 17.3. The van der Waals surface area contributed by atoms with E-state index in [-0.39, 0.29) is 0 Å². The van der Waals surface area contributed by atoms with E-state index in [0.29, 0.717) is 5.95 Å². The lowest BCUT2D eigenvalue weighted by atomic mass is 10.1. The van der Waals surface area contributed by atoms with Crippen LogP contribution in [-0.4, -0.2) is 28.5 Å². The summed E-state index contributed by atoms with van der Waals surface area (Å²) in [5.74, 6) is 1.48. The van der Waals surface area contributed by atoms with Crippen LogP contribution in [-0.2, 0) is 6.42 Å². The van der Waals surface area contributed by atoms with Crippen molar-refractivity contribution in [1.82, 2.24) is 15.0 Å². The topological polar surface area (TPSA) is 53.9 Å². The van der Waals surface area contributed by atoms with Crippen molar-refractivity contribution in [2.24, 2.45) is 0 Å². The molecule has 0 aliphatic rings. The largest absolute Gasteiger partial charge is 0.359 e. The molecule has 0 spiro atoms. The van der Waals surface area contributed by atoms with E-state index in [0.717, 1.165) is 41.3 Å². The first-order valence-corrected chi connectivity index (χ1v) is 10.1. The highest BCUT2D eigenvalue weighted by Gasteiger charge is 2.11. The number of nitrogens with one attached hydrogen (secondary N) is 1. The summed E-state index contributed by atoms with van der Waals surface area (Å²) >= 11 is 0. The minimum absolute atomic E-state index is 0.594. The van der Waals surface area contributed by atoms with Gasteiger partial charge in [-0.3, -0.25) is 4.98 Å². The molecule has 2 heterocycles. The highest BCUT2D eigenvalue weighted by Crippen LogP contribution is 2.25. The van der Waals surface area contributed by atoms with E-state index in [9.17, 15) is 0 Å². The van der Waals surface area contributed by atoms with Crippen LogP contribution < -0.4 is 10.2 Å². The SMILES string of the molecule is Cc1ccccc1Nc1nc(-c2ccccc2)cc(N(C)CCc2ccncc2)n1. The van der Waals surface area contributed by atoms with Gasteiger partial charge in [0.05, 0.1) is 5.69 Å². The zero-order valence-corrected chi connectivity index (χ0v) is 17.3. The Labute approximate surface area is 177 Å². The molecule has 4 rings (SSSR count). The van der Waals surface area contributed by atoms with Gasteiger partial charge in [0.2, 0.25) is 5.95 Å². The van der Waals surface area contributed by atoms with Crippen LogP contribution in [0.25, 0.3) is 11.3 Å². The third-order valence-electron chi connectivity index (χ3n) is 5.05. The third kappa shape index (κ3) is 4.81. The van der Waals surface area contributed by atoms with E-state index in [1.165, 1.54) is 5.56 Å². The molecule has 2 aromatic heterocycles. The van der Waals surface area contributed by atoms with Gasteiger partial charge in [-0.2, -0.15) is 4.98 Å². The molecule has 0 aliphatic carbocycles. The highest BCUT2D eigenvalue weighted by atomic mass is 15.2. The lowest BCUT2D eigenvalue weighted by Crippen LogP contribution is -2.22. The Balaban J connectivity index is 1.64. The molecular weight excluding hydrogens is 370 g/mol. The normalized spacial score (nSPS) is 10.6. The van der Waals surface area contributed by atoms with Crippen molar-refractivity contribution in [1.29, 1.82) is 0 Å². The van der Waals surface area contributed by atoms with Gasteiger partial charge in [0, 0.05) is 43.3 Å². The second-order valence-electron chi connectivity index (χ2n) is 7.27. The molecule has 0 fully saturated rings. The first-order valence-electron chi connectivity index (χ1n) is 10.1. The Hall–Kier alpha value is -3.73. The Bertz CT molecular complexity index is 1100. The Kier molecular flexibility index (Phi) is 5.99. The van der Waals surface area contributed by atoms with Gasteiger partial charge in [0.15, 0.2) is 0 Å². The summed E-state index contributed by atoms with van der Waals surface area (Å²) in [4.78, 5) is 15.8. The second-order valence-corrected chi connectivity index (χ2v) is 7.27. The monoisotopic (exact) mass is 395 g/mol. The van der Waals surface area contributed by atoms with Crippen molar-refractivity contribution in [3.63, 3.8) is 0 Å². The quantitative estimate of drug-likeness (QED) is 0.462. The van der Waals surface area contributed by atoms with Crippen LogP contribution in [0.4, 0.5) is 17.5 Å². The number of pyridine rings is 1. The molecule has 30 heavy (non-hydrogen) atoms. The highest BCUT2D eigenvalue weighted by molar-refractivity contribution is 5.67. The minimum atomic E-state index is 0.594. The van der Waals surface area contributed by atoms with E-state index in [4.69, 9.17) is 9.97 Å². The van der Waals surface area contributed by atoms with Gasteiger partial charge in [-0.05, 0) is 42.7 Å². The molecule has 5 heteroatoms. The molecule has 0 aliphatic heterocycles. The summed E-state index contributed by atoms with van der Waals surface area (Å²) in [6, 6.07) is 24.5. The molecule has 2 aromatic carbocycles. The fourth-order valence-corrected chi connectivity index (χ4v) is 3.24. The van der Waals surface area contributed by atoms with E-state index < -0.39 is 0 Å². The molecule has 0 saturated heterocycles.